The normalized spacial score (nSPS) is 20.5. The van der Waals surface area contributed by atoms with Gasteiger partial charge in [0.1, 0.15) is 0 Å². The predicted octanol–water partition coefficient (Wildman–Crippen LogP) is 2.37. The maximum atomic E-state index is 6.33. The lowest BCUT2D eigenvalue weighted by Crippen LogP contribution is -2.45. The molecule has 1 aromatic carbocycles. The van der Waals surface area contributed by atoms with Crippen LogP contribution in [-0.4, -0.2) is 44.7 Å². The molecule has 0 aliphatic carbocycles. The number of rotatable bonds is 4. The van der Waals surface area contributed by atoms with Gasteiger partial charge < -0.3 is 15.5 Å². The summed E-state index contributed by atoms with van der Waals surface area (Å²) in [5.41, 5.74) is 7.93. The number of nitrogens with two attached hydrogens (primary N) is 1. The summed E-state index contributed by atoms with van der Waals surface area (Å²) in [7, 11) is 4.36. The standard InChI is InChI=1S/C15H24ClN3/c1-18-9-3-4-14(11-18)19(2)13-6-5-12(7-8-17)15(16)10-13/h5-6,10,14H,3-4,7-9,11,17H2,1-2H3. The summed E-state index contributed by atoms with van der Waals surface area (Å²) in [5.74, 6) is 0. The van der Waals surface area contributed by atoms with Crippen LogP contribution < -0.4 is 10.6 Å². The molecule has 0 radical (unpaired) electrons. The molecule has 1 aromatic rings. The molecule has 3 nitrogen and oxygen atoms in total. The highest BCUT2D eigenvalue weighted by Crippen LogP contribution is 2.26. The number of hydrogen-bond acceptors (Lipinski definition) is 3. The highest BCUT2D eigenvalue weighted by atomic mass is 35.5. The van der Waals surface area contributed by atoms with Crippen molar-refractivity contribution in [3.63, 3.8) is 0 Å². The quantitative estimate of drug-likeness (QED) is 0.920. The summed E-state index contributed by atoms with van der Waals surface area (Å²) in [6, 6.07) is 6.91. The molecule has 0 spiro atoms. The van der Waals surface area contributed by atoms with Crippen molar-refractivity contribution in [1.29, 1.82) is 0 Å². The van der Waals surface area contributed by atoms with Crippen molar-refractivity contribution in [3.8, 4) is 0 Å². The van der Waals surface area contributed by atoms with Gasteiger partial charge in [-0.05, 0) is 57.1 Å². The van der Waals surface area contributed by atoms with E-state index >= 15 is 0 Å². The van der Waals surface area contributed by atoms with Gasteiger partial charge in [0.05, 0.1) is 0 Å². The Balaban J connectivity index is 2.10. The molecule has 4 heteroatoms. The number of anilines is 1. The Kier molecular flexibility index (Phi) is 5.08. The highest BCUT2D eigenvalue weighted by Gasteiger charge is 2.21. The molecule has 0 bridgehead atoms. The zero-order valence-corrected chi connectivity index (χ0v) is 12.7. The van der Waals surface area contributed by atoms with Crippen LogP contribution in [0.4, 0.5) is 5.69 Å². The lowest BCUT2D eigenvalue weighted by molar-refractivity contribution is 0.248. The van der Waals surface area contributed by atoms with Crippen LogP contribution in [0.2, 0.25) is 5.02 Å². The van der Waals surface area contributed by atoms with Gasteiger partial charge in [-0.1, -0.05) is 17.7 Å². The molecule has 2 N–H and O–H groups in total. The molecule has 1 unspecified atom stereocenters. The van der Waals surface area contributed by atoms with Gasteiger partial charge in [0, 0.05) is 30.3 Å². The van der Waals surface area contributed by atoms with Gasteiger partial charge in [-0.25, -0.2) is 0 Å². The second kappa shape index (κ2) is 6.60. The summed E-state index contributed by atoms with van der Waals surface area (Å²) in [4.78, 5) is 4.75. The zero-order chi connectivity index (χ0) is 13.8. The summed E-state index contributed by atoms with van der Waals surface area (Å²) < 4.78 is 0. The lowest BCUT2D eigenvalue weighted by atomic mass is 10.0. The van der Waals surface area contributed by atoms with Crippen LogP contribution in [0.25, 0.3) is 0 Å². The van der Waals surface area contributed by atoms with Crippen molar-refractivity contribution in [2.24, 2.45) is 5.73 Å². The molecule has 2 rings (SSSR count). The fraction of sp³-hybridized carbons (Fsp3) is 0.600. The Morgan fingerprint density at radius 3 is 2.89 bits per heavy atom. The van der Waals surface area contributed by atoms with E-state index in [2.05, 4.69) is 42.1 Å². The van der Waals surface area contributed by atoms with E-state index in [0.717, 1.165) is 23.6 Å². The Morgan fingerprint density at radius 2 is 2.26 bits per heavy atom. The molecule has 0 aromatic heterocycles. The summed E-state index contributed by atoms with van der Waals surface area (Å²) >= 11 is 6.33. The van der Waals surface area contributed by atoms with Crippen molar-refractivity contribution >= 4 is 17.3 Å². The highest BCUT2D eigenvalue weighted by molar-refractivity contribution is 6.31. The summed E-state index contributed by atoms with van der Waals surface area (Å²) in [6.45, 7) is 2.97. The van der Waals surface area contributed by atoms with Gasteiger partial charge in [0.15, 0.2) is 0 Å². The molecule has 1 aliphatic rings. The Bertz CT molecular complexity index is 422. The molecule has 1 heterocycles. The first-order chi connectivity index (χ1) is 9.11. The number of nitrogens with zero attached hydrogens (tertiary/aromatic N) is 2. The van der Waals surface area contributed by atoms with Crippen molar-refractivity contribution in [2.45, 2.75) is 25.3 Å². The minimum atomic E-state index is 0.579. The van der Waals surface area contributed by atoms with Crippen molar-refractivity contribution < 1.29 is 0 Å². The number of piperidine rings is 1. The molecule has 0 amide bonds. The number of hydrogen-bond donors (Lipinski definition) is 1. The van der Waals surface area contributed by atoms with E-state index in [9.17, 15) is 0 Å². The van der Waals surface area contributed by atoms with E-state index in [0.29, 0.717) is 12.6 Å². The van der Waals surface area contributed by atoms with Gasteiger partial charge in [-0.3, -0.25) is 0 Å². The Labute approximate surface area is 121 Å². The molecule has 19 heavy (non-hydrogen) atoms. The first-order valence-electron chi connectivity index (χ1n) is 7.01. The van der Waals surface area contributed by atoms with Crippen LogP contribution in [-0.2, 0) is 6.42 Å². The Morgan fingerprint density at radius 1 is 1.47 bits per heavy atom. The topological polar surface area (TPSA) is 32.5 Å². The number of benzene rings is 1. The summed E-state index contributed by atoms with van der Waals surface area (Å²) in [5, 5.41) is 0.832. The third-order valence-electron chi connectivity index (χ3n) is 4.00. The van der Waals surface area contributed by atoms with Gasteiger partial charge in [-0.2, -0.15) is 0 Å². The SMILES string of the molecule is CN1CCCC(N(C)c2ccc(CCN)c(Cl)c2)C1. The molecule has 1 atom stereocenters. The fourth-order valence-electron chi connectivity index (χ4n) is 2.78. The maximum absolute atomic E-state index is 6.33. The number of halogens is 1. The van der Waals surface area contributed by atoms with E-state index in [4.69, 9.17) is 17.3 Å². The average Bonchev–Trinajstić information content (AvgIpc) is 2.40. The first kappa shape index (κ1) is 14.6. The molecular formula is C15H24ClN3. The van der Waals surface area contributed by atoms with Gasteiger partial charge in [0.25, 0.3) is 0 Å². The van der Waals surface area contributed by atoms with E-state index in [1.165, 1.54) is 25.1 Å². The molecule has 106 valence electrons. The van der Waals surface area contributed by atoms with Crippen molar-refractivity contribution in [3.05, 3.63) is 28.8 Å². The van der Waals surface area contributed by atoms with Gasteiger partial charge in [0.2, 0.25) is 0 Å². The smallest absolute Gasteiger partial charge is 0.0459 e. The number of likely N-dealkylation sites (N-methyl/N-ethyl adjacent to an activating group) is 2. The van der Waals surface area contributed by atoms with Crippen LogP contribution in [0.15, 0.2) is 18.2 Å². The van der Waals surface area contributed by atoms with E-state index < -0.39 is 0 Å². The van der Waals surface area contributed by atoms with E-state index in [1.807, 2.05) is 0 Å². The lowest BCUT2D eigenvalue weighted by Gasteiger charge is -2.37. The van der Waals surface area contributed by atoms with Crippen LogP contribution >= 0.6 is 11.6 Å². The first-order valence-corrected chi connectivity index (χ1v) is 7.39. The van der Waals surface area contributed by atoms with Crippen LogP contribution in [0.1, 0.15) is 18.4 Å². The third kappa shape index (κ3) is 3.62. The second-order valence-corrected chi connectivity index (χ2v) is 5.89. The molecule has 1 fully saturated rings. The average molecular weight is 282 g/mol. The van der Waals surface area contributed by atoms with Gasteiger partial charge >= 0.3 is 0 Å². The van der Waals surface area contributed by atoms with Crippen LogP contribution in [0.3, 0.4) is 0 Å². The number of likely N-dealkylation sites (tertiary alicyclic amines) is 1. The van der Waals surface area contributed by atoms with E-state index in [1.54, 1.807) is 0 Å². The van der Waals surface area contributed by atoms with Gasteiger partial charge in [-0.15, -0.1) is 0 Å². The Hall–Kier alpha value is -0.770. The minimum absolute atomic E-state index is 0.579. The van der Waals surface area contributed by atoms with Crippen LogP contribution in [0.5, 0.6) is 0 Å². The zero-order valence-electron chi connectivity index (χ0n) is 11.9. The monoisotopic (exact) mass is 281 g/mol. The van der Waals surface area contributed by atoms with Crippen molar-refractivity contribution in [2.75, 3.05) is 38.6 Å². The molecule has 0 saturated carbocycles. The molecule has 1 saturated heterocycles. The van der Waals surface area contributed by atoms with Crippen LogP contribution in [0, 0.1) is 0 Å². The van der Waals surface area contributed by atoms with E-state index in [-0.39, 0.29) is 0 Å². The molecule has 1 aliphatic heterocycles. The third-order valence-corrected chi connectivity index (χ3v) is 4.36. The maximum Gasteiger partial charge on any atom is 0.0459 e. The van der Waals surface area contributed by atoms with Crippen molar-refractivity contribution in [1.82, 2.24) is 4.90 Å². The minimum Gasteiger partial charge on any atom is -0.370 e. The molecular weight excluding hydrogens is 258 g/mol. The predicted molar refractivity (Wildman–Crippen MR) is 83.1 cm³/mol. The largest absolute Gasteiger partial charge is 0.370 e. The second-order valence-electron chi connectivity index (χ2n) is 5.48. The summed E-state index contributed by atoms with van der Waals surface area (Å²) in [6.07, 6.45) is 3.36. The fourth-order valence-corrected chi connectivity index (χ4v) is 3.05.